The minimum absolute atomic E-state index is 0.0289. The summed E-state index contributed by atoms with van der Waals surface area (Å²) in [7, 11) is 0. The van der Waals surface area contributed by atoms with Crippen molar-refractivity contribution in [1.29, 1.82) is 0 Å². The molecule has 32 heavy (non-hydrogen) atoms. The van der Waals surface area contributed by atoms with E-state index < -0.39 is 0 Å². The highest BCUT2D eigenvalue weighted by molar-refractivity contribution is 5.94. The number of para-hydroxylation sites is 1. The summed E-state index contributed by atoms with van der Waals surface area (Å²) >= 11 is 0. The van der Waals surface area contributed by atoms with Crippen LogP contribution < -0.4 is 9.47 Å². The van der Waals surface area contributed by atoms with E-state index in [1.807, 2.05) is 42.5 Å². The van der Waals surface area contributed by atoms with E-state index in [4.69, 9.17) is 9.47 Å². The second-order valence-corrected chi connectivity index (χ2v) is 8.63. The molecular weight excluding hydrogens is 404 g/mol. The van der Waals surface area contributed by atoms with Crippen LogP contribution >= 0.6 is 0 Å². The molecule has 170 valence electrons. The molecule has 2 fully saturated rings. The van der Waals surface area contributed by atoms with E-state index in [-0.39, 0.29) is 12.0 Å². The highest BCUT2D eigenvalue weighted by atomic mass is 16.6. The van der Waals surface area contributed by atoms with Gasteiger partial charge < -0.3 is 19.3 Å². The zero-order valence-corrected chi connectivity index (χ0v) is 18.6. The fraction of sp³-hybridized carbons (Fsp3) is 0.462. The maximum Gasteiger partial charge on any atom is 0.415 e. The molecule has 0 N–H and O–H groups in total. The first-order valence-corrected chi connectivity index (χ1v) is 11.7. The molecule has 0 bridgehead atoms. The number of rotatable bonds is 6. The van der Waals surface area contributed by atoms with Crippen molar-refractivity contribution in [3.8, 4) is 11.5 Å². The smallest absolute Gasteiger partial charge is 0.415 e. The SMILES string of the molecule is O=C(Oc1ccccc1)N1CCN(C(=O)c2cccc(OCCC3CCCCC3)c2)CC1. The van der Waals surface area contributed by atoms with Crippen molar-refractivity contribution >= 4 is 12.0 Å². The summed E-state index contributed by atoms with van der Waals surface area (Å²) in [6, 6.07) is 16.5. The predicted molar refractivity (Wildman–Crippen MR) is 123 cm³/mol. The maximum atomic E-state index is 13.0. The molecule has 6 heteroatoms. The van der Waals surface area contributed by atoms with Gasteiger partial charge in [-0.1, -0.05) is 56.4 Å². The Labute approximate surface area is 190 Å². The second kappa shape index (κ2) is 11.0. The number of carbonyl (C=O) groups excluding carboxylic acids is 2. The Bertz CT molecular complexity index is 888. The molecule has 2 aromatic carbocycles. The molecule has 0 radical (unpaired) electrons. The molecule has 2 aliphatic rings. The largest absolute Gasteiger partial charge is 0.494 e. The van der Waals surface area contributed by atoms with Gasteiger partial charge in [-0.05, 0) is 42.7 Å². The number of benzene rings is 2. The molecule has 0 atom stereocenters. The molecular formula is C26H32N2O4. The standard InChI is InChI=1S/C26H32N2O4/c29-25(22-10-7-13-24(20-22)31-19-14-21-8-3-1-4-9-21)27-15-17-28(18-16-27)26(30)32-23-11-5-2-6-12-23/h2,5-7,10-13,20-21H,1,3-4,8-9,14-19H2. The monoisotopic (exact) mass is 436 g/mol. The van der Waals surface area contributed by atoms with E-state index in [9.17, 15) is 9.59 Å². The molecule has 0 aromatic heterocycles. The maximum absolute atomic E-state index is 13.0. The third kappa shape index (κ3) is 6.02. The van der Waals surface area contributed by atoms with E-state index in [1.54, 1.807) is 21.9 Å². The number of hydrogen-bond donors (Lipinski definition) is 0. The predicted octanol–water partition coefficient (Wildman–Crippen LogP) is 4.99. The van der Waals surface area contributed by atoms with Gasteiger partial charge in [0.2, 0.25) is 0 Å². The first-order chi connectivity index (χ1) is 15.7. The summed E-state index contributed by atoms with van der Waals surface area (Å²) in [5, 5.41) is 0. The molecule has 4 rings (SSSR count). The van der Waals surface area contributed by atoms with Gasteiger partial charge in [-0.3, -0.25) is 4.79 Å². The van der Waals surface area contributed by atoms with Crippen LogP contribution in [0.15, 0.2) is 54.6 Å². The minimum Gasteiger partial charge on any atom is -0.494 e. The van der Waals surface area contributed by atoms with Crippen LogP contribution in [0.2, 0.25) is 0 Å². The molecule has 0 spiro atoms. The van der Waals surface area contributed by atoms with Gasteiger partial charge in [0.1, 0.15) is 11.5 Å². The Morgan fingerprint density at radius 1 is 0.812 bits per heavy atom. The lowest BCUT2D eigenvalue weighted by Crippen LogP contribution is -2.51. The molecule has 1 aliphatic heterocycles. The van der Waals surface area contributed by atoms with E-state index in [1.165, 1.54) is 32.1 Å². The summed E-state index contributed by atoms with van der Waals surface area (Å²) in [5.74, 6) is 2.02. The van der Waals surface area contributed by atoms with Crippen LogP contribution in [0.5, 0.6) is 11.5 Å². The van der Waals surface area contributed by atoms with Gasteiger partial charge in [0.25, 0.3) is 5.91 Å². The normalized spacial score (nSPS) is 17.1. The Balaban J connectivity index is 1.24. The summed E-state index contributed by atoms with van der Waals surface area (Å²) in [6.45, 7) is 2.57. The number of amides is 2. The van der Waals surface area contributed by atoms with Gasteiger partial charge in [0, 0.05) is 31.7 Å². The van der Waals surface area contributed by atoms with Crippen molar-refractivity contribution in [2.75, 3.05) is 32.8 Å². The molecule has 2 amide bonds. The van der Waals surface area contributed by atoms with E-state index in [0.29, 0.717) is 44.1 Å². The zero-order chi connectivity index (χ0) is 22.2. The highest BCUT2D eigenvalue weighted by Crippen LogP contribution is 2.26. The number of hydrogen-bond acceptors (Lipinski definition) is 4. The Morgan fingerprint density at radius 2 is 1.50 bits per heavy atom. The van der Waals surface area contributed by atoms with Crippen molar-refractivity contribution < 1.29 is 19.1 Å². The van der Waals surface area contributed by atoms with Crippen LogP contribution in [0.1, 0.15) is 48.9 Å². The average Bonchev–Trinajstić information content (AvgIpc) is 2.85. The summed E-state index contributed by atoms with van der Waals surface area (Å²) in [6.07, 6.45) is 7.37. The number of carbonyl (C=O) groups is 2. The van der Waals surface area contributed by atoms with Gasteiger partial charge in [-0.25, -0.2) is 4.79 Å². The lowest BCUT2D eigenvalue weighted by Gasteiger charge is -2.34. The van der Waals surface area contributed by atoms with Crippen LogP contribution in [-0.4, -0.2) is 54.6 Å². The minimum atomic E-state index is -0.378. The highest BCUT2D eigenvalue weighted by Gasteiger charge is 2.26. The lowest BCUT2D eigenvalue weighted by molar-refractivity contribution is 0.0633. The van der Waals surface area contributed by atoms with Crippen LogP contribution in [0.3, 0.4) is 0 Å². The fourth-order valence-corrected chi connectivity index (χ4v) is 4.47. The van der Waals surface area contributed by atoms with Crippen LogP contribution in [0, 0.1) is 5.92 Å². The van der Waals surface area contributed by atoms with Gasteiger partial charge >= 0.3 is 6.09 Å². The van der Waals surface area contributed by atoms with Crippen molar-refractivity contribution in [3.63, 3.8) is 0 Å². The summed E-state index contributed by atoms with van der Waals surface area (Å²) < 4.78 is 11.4. The summed E-state index contributed by atoms with van der Waals surface area (Å²) in [5.41, 5.74) is 0.625. The van der Waals surface area contributed by atoms with E-state index in [2.05, 4.69) is 0 Å². The molecule has 1 heterocycles. The zero-order valence-electron chi connectivity index (χ0n) is 18.6. The Hall–Kier alpha value is -3.02. The topological polar surface area (TPSA) is 59.1 Å². The second-order valence-electron chi connectivity index (χ2n) is 8.63. The van der Waals surface area contributed by atoms with Gasteiger partial charge in [0.15, 0.2) is 0 Å². The first kappa shape index (κ1) is 22.2. The number of ether oxygens (including phenoxy) is 2. The molecule has 1 saturated heterocycles. The van der Waals surface area contributed by atoms with Crippen molar-refractivity contribution in [2.45, 2.75) is 38.5 Å². The lowest BCUT2D eigenvalue weighted by atomic mass is 9.87. The van der Waals surface area contributed by atoms with Crippen LogP contribution in [0.25, 0.3) is 0 Å². The van der Waals surface area contributed by atoms with Crippen molar-refractivity contribution in [2.24, 2.45) is 5.92 Å². The molecule has 6 nitrogen and oxygen atoms in total. The van der Waals surface area contributed by atoms with Gasteiger partial charge in [0.05, 0.1) is 6.61 Å². The molecule has 1 saturated carbocycles. The molecule has 1 aliphatic carbocycles. The van der Waals surface area contributed by atoms with Gasteiger partial charge in [-0.2, -0.15) is 0 Å². The van der Waals surface area contributed by atoms with Crippen molar-refractivity contribution in [3.05, 3.63) is 60.2 Å². The number of piperazine rings is 1. The third-order valence-electron chi connectivity index (χ3n) is 6.37. The number of nitrogens with zero attached hydrogens (tertiary/aromatic N) is 2. The van der Waals surface area contributed by atoms with Crippen LogP contribution in [-0.2, 0) is 0 Å². The van der Waals surface area contributed by atoms with Crippen molar-refractivity contribution in [1.82, 2.24) is 9.80 Å². The average molecular weight is 437 g/mol. The fourth-order valence-electron chi connectivity index (χ4n) is 4.47. The van der Waals surface area contributed by atoms with Crippen LogP contribution in [0.4, 0.5) is 4.79 Å². The Morgan fingerprint density at radius 3 is 2.25 bits per heavy atom. The quantitative estimate of drug-likeness (QED) is 0.640. The third-order valence-corrected chi connectivity index (χ3v) is 6.37. The molecule has 0 unspecified atom stereocenters. The summed E-state index contributed by atoms with van der Waals surface area (Å²) in [4.78, 5) is 28.8. The van der Waals surface area contributed by atoms with E-state index >= 15 is 0 Å². The first-order valence-electron chi connectivity index (χ1n) is 11.7. The molecule has 2 aromatic rings. The van der Waals surface area contributed by atoms with E-state index in [0.717, 1.165) is 18.1 Å². The Kier molecular flexibility index (Phi) is 7.64. The van der Waals surface area contributed by atoms with Gasteiger partial charge in [-0.15, -0.1) is 0 Å².